The molecule has 1 aliphatic heterocycles. The maximum Gasteiger partial charge on any atom is 0.222 e. The van der Waals surface area contributed by atoms with Gasteiger partial charge in [-0.2, -0.15) is 0 Å². The number of anilines is 1. The van der Waals surface area contributed by atoms with Gasteiger partial charge >= 0.3 is 0 Å². The number of fused-ring (bicyclic) bond motifs is 3. The molecule has 0 radical (unpaired) electrons. The fraction of sp³-hybridized carbons (Fsp3) is 0.450. The van der Waals surface area contributed by atoms with Crippen molar-refractivity contribution in [3.05, 3.63) is 30.6 Å². The molecule has 1 aromatic carbocycles. The van der Waals surface area contributed by atoms with E-state index in [0.717, 1.165) is 60.8 Å². The highest BCUT2D eigenvalue weighted by molar-refractivity contribution is 6.06. The Morgan fingerprint density at radius 1 is 1.15 bits per heavy atom. The maximum absolute atomic E-state index is 12.2. The molecule has 0 bridgehead atoms. The Morgan fingerprint density at radius 3 is 2.81 bits per heavy atom. The van der Waals surface area contributed by atoms with Crippen LogP contribution in [0.25, 0.3) is 21.9 Å². The summed E-state index contributed by atoms with van der Waals surface area (Å²) in [5.41, 5.74) is 8.77. The molecule has 3 aromatic rings. The third kappa shape index (κ3) is 3.73. The third-order valence-corrected chi connectivity index (χ3v) is 5.13. The van der Waals surface area contributed by atoms with Crippen LogP contribution in [0.2, 0.25) is 0 Å². The standard InChI is InChI=1S/C20H25N5O2/c21-20-18-19(15-6-3-4-7-16(15)23-20)25(14-22-18)9-5-1-2-8-17(26)24-10-12-27-13-11-24/h3-4,6-7,14H,1-2,5,8-13H2,(H2,21,23). The minimum absolute atomic E-state index is 0.247. The molecule has 142 valence electrons. The molecule has 0 saturated carbocycles. The monoisotopic (exact) mass is 367 g/mol. The van der Waals surface area contributed by atoms with E-state index in [1.807, 2.05) is 29.4 Å². The molecule has 2 N–H and O–H groups in total. The molecule has 1 amide bonds. The Kier molecular flexibility index (Phi) is 5.20. The summed E-state index contributed by atoms with van der Waals surface area (Å²) in [6.07, 6.45) is 5.37. The lowest BCUT2D eigenvalue weighted by Gasteiger charge is -2.26. The number of aryl methyl sites for hydroxylation is 1. The normalized spacial score (nSPS) is 14.9. The highest BCUT2D eigenvalue weighted by Gasteiger charge is 2.16. The molecule has 27 heavy (non-hydrogen) atoms. The van der Waals surface area contributed by atoms with Crippen molar-refractivity contribution in [3.8, 4) is 0 Å². The molecule has 0 unspecified atom stereocenters. The van der Waals surface area contributed by atoms with Crippen LogP contribution in [0.3, 0.4) is 0 Å². The lowest BCUT2D eigenvalue weighted by molar-refractivity contribution is -0.135. The van der Waals surface area contributed by atoms with Gasteiger partial charge in [-0.25, -0.2) is 9.97 Å². The number of nitrogen functional groups attached to an aromatic ring is 1. The molecule has 7 nitrogen and oxygen atoms in total. The van der Waals surface area contributed by atoms with E-state index in [9.17, 15) is 4.79 Å². The van der Waals surface area contributed by atoms with Gasteiger partial charge < -0.3 is 19.9 Å². The number of para-hydroxylation sites is 1. The third-order valence-electron chi connectivity index (χ3n) is 5.13. The van der Waals surface area contributed by atoms with Gasteiger partial charge in [-0.05, 0) is 18.9 Å². The molecule has 3 heterocycles. The second kappa shape index (κ2) is 7.92. The molecule has 2 aromatic heterocycles. The Labute approximate surface area is 158 Å². The number of nitrogens with zero attached hydrogens (tertiary/aromatic N) is 4. The Bertz CT molecular complexity index is 946. The largest absolute Gasteiger partial charge is 0.382 e. The molecule has 1 fully saturated rings. The number of unbranched alkanes of at least 4 members (excludes halogenated alkanes) is 2. The summed E-state index contributed by atoms with van der Waals surface area (Å²) in [4.78, 5) is 23.0. The molecule has 0 aliphatic carbocycles. The van der Waals surface area contributed by atoms with Crippen LogP contribution in [0.5, 0.6) is 0 Å². The molecule has 0 spiro atoms. The number of carbonyl (C=O) groups excluding carboxylic acids is 1. The van der Waals surface area contributed by atoms with Gasteiger partial charge in [-0.1, -0.05) is 24.6 Å². The van der Waals surface area contributed by atoms with Crippen LogP contribution in [0.4, 0.5) is 5.82 Å². The smallest absolute Gasteiger partial charge is 0.222 e. The number of ether oxygens (including phenoxy) is 1. The summed E-state index contributed by atoms with van der Waals surface area (Å²) >= 11 is 0. The summed E-state index contributed by atoms with van der Waals surface area (Å²) in [5, 5.41) is 1.07. The molecular formula is C20H25N5O2. The van der Waals surface area contributed by atoms with Crippen molar-refractivity contribution in [2.45, 2.75) is 32.2 Å². The van der Waals surface area contributed by atoms with Crippen LogP contribution < -0.4 is 5.73 Å². The summed E-state index contributed by atoms with van der Waals surface area (Å²) in [6, 6.07) is 8.00. The zero-order valence-corrected chi connectivity index (χ0v) is 15.4. The van der Waals surface area contributed by atoms with Crippen molar-refractivity contribution in [2.75, 3.05) is 32.0 Å². The first-order valence-electron chi connectivity index (χ1n) is 9.58. The van der Waals surface area contributed by atoms with Gasteiger partial charge in [0.2, 0.25) is 5.91 Å². The summed E-state index contributed by atoms with van der Waals surface area (Å²) in [5.74, 6) is 0.717. The quantitative estimate of drug-likeness (QED) is 0.677. The van der Waals surface area contributed by atoms with E-state index in [4.69, 9.17) is 10.5 Å². The number of imidazole rings is 1. The minimum Gasteiger partial charge on any atom is -0.382 e. The first-order valence-corrected chi connectivity index (χ1v) is 9.58. The minimum atomic E-state index is 0.247. The van der Waals surface area contributed by atoms with Crippen molar-refractivity contribution in [1.29, 1.82) is 0 Å². The molecule has 0 atom stereocenters. The summed E-state index contributed by atoms with van der Waals surface area (Å²) in [7, 11) is 0. The van der Waals surface area contributed by atoms with Crippen LogP contribution in [0.1, 0.15) is 25.7 Å². The number of morpholine rings is 1. The molecule has 4 rings (SSSR count). The molecular weight excluding hydrogens is 342 g/mol. The topological polar surface area (TPSA) is 86.3 Å². The Balaban J connectivity index is 1.36. The number of pyridine rings is 1. The highest BCUT2D eigenvalue weighted by Crippen LogP contribution is 2.27. The predicted molar refractivity (Wildman–Crippen MR) is 105 cm³/mol. The van der Waals surface area contributed by atoms with Crippen LogP contribution in [-0.4, -0.2) is 51.6 Å². The van der Waals surface area contributed by atoms with Gasteiger partial charge in [-0.15, -0.1) is 0 Å². The molecule has 1 saturated heterocycles. The first kappa shape index (κ1) is 17.7. The van der Waals surface area contributed by atoms with Crippen LogP contribution in [0, 0.1) is 0 Å². The lowest BCUT2D eigenvalue weighted by Crippen LogP contribution is -2.40. The van der Waals surface area contributed by atoms with Gasteiger partial charge in [0.15, 0.2) is 5.82 Å². The fourth-order valence-electron chi connectivity index (χ4n) is 3.68. The maximum atomic E-state index is 12.2. The SMILES string of the molecule is Nc1nc2ccccc2c2c1ncn2CCCCCC(=O)N1CCOCC1. The van der Waals surface area contributed by atoms with Gasteiger partial charge in [0.05, 0.1) is 30.6 Å². The van der Waals surface area contributed by atoms with E-state index in [0.29, 0.717) is 25.5 Å². The van der Waals surface area contributed by atoms with Gasteiger partial charge in [-0.3, -0.25) is 4.79 Å². The number of carbonyl (C=O) groups is 1. The molecule has 1 aliphatic rings. The van der Waals surface area contributed by atoms with Gasteiger partial charge in [0.25, 0.3) is 0 Å². The number of benzene rings is 1. The van der Waals surface area contributed by atoms with Crippen LogP contribution in [0.15, 0.2) is 30.6 Å². The van der Waals surface area contributed by atoms with Gasteiger partial charge in [0.1, 0.15) is 5.52 Å². The van der Waals surface area contributed by atoms with Crippen LogP contribution in [-0.2, 0) is 16.1 Å². The second-order valence-corrected chi connectivity index (χ2v) is 6.95. The number of nitrogens with two attached hydrogens (primary N) is 1. The average molecular weight is 367 g/mol. The zero-order chi connectivity index (χ0) is 18.6. The van der Waals surface area contributed by atoms with E-state index in [-0.39, 0.29) is 5.91 Å². The van der Waals surface area contributed by atoms with E-state index in [2.05, 4.69) is 20.6 Å². The van der Waals surface area contributed by atoms with E-state index < -0.39 is 0 Å². The van der Waals surface area contributed by atoms with Crippen molar-refractivity contribution in [2.24, 2.45) is 0 Å². The second-order valence-electron chi connectivity index (χ2n) is 6.95. The fourth-order valence-corrected chi connectivity index (χ4v) is 3.68. The van der Waals surface area contributed by atoms with Crippen molar-refractivity contribution >= 4 is 33.7 Å². The Hall–Kier alpha value is -2.67. The molecule has 7 heteroatoms. The van der Waals surface area contributed by atoms with E-state index in [1.165, 1.54) is 0 Å². The summed E-state index contributed by atoms with van der Waals surface area (Å²) < 4.78 is 7.44. The number of hydrogen-bond donors (Lipinski definition) is 1. The lowest BCUT2D eigenvalue weighted by atomic mass is 10.1. The van der Waals surface area contributed by atoms with E-state index >= 15 is 0 Å². The zero-order valence-electron chi connectivity index (χ0n) is 15.4. The predicted octanol–water partition coefficient (Wildman–Crippen LogP) is 2.59. The first-order chi connectivity index (χ1) is 13.2. The average Bonchev–Trinajstić information content (AvgIpc) is 3.13. The van der Waals surface area contributed by atoms with Crippen LogP contribution >= 0.6 is 0 Å². The highest BCUT2D eigenvalue weighted by atomic mass is 16.5. The van der Waals surface area contributed by atoms with Gasteiger partial charge in [0, 0.05) is 31.4 Å². The van der Waals surface area contributed by atoms with Crippen molar-refractivity contribution in [1.82, 2.24) is 19.4 Å². The van der Waals surface area contributed by atoms with E-state index in [1.54, 1.807) is 0 Å². The Morgan fingerprint density at radius 2 is 1.96 bits per heavy atom. The number of rotatable bonds is 6. The number of amides is 1. The van der Waals surface area contributed by atoms with Crippen molar-refractivity contribution in [3.63, 3.8) is 0 Å². The number of aromatic nitrogens is 3. The summed E-state index contributed by atoms with van der Waals surface area (Å²) in [6.45, 7) is 3.62. The van der Waals surface area contributed by atoms with Crippen molar-refractivity contribution < 1.29 is 9.53 Å². The number of hydrogen-bond acceptors (Lipinski definition) is 5.